The summed E-state index contributed by atoms with van der Waals surface area (Å²) in [6.07, 6.45) is 2.98. The molecule has 1 N–H and O–H groups in total. The van der Waals surface area contributed by atoms with E-state index in [9.17, 15) is 18.8 Å². The number of hydrogen-bond donors (Lipinski definition) is 1. The number of amides is 1. The molecule has 2 aromatic carbocycles. The number of halogens is 5. The highest BCUT2D eigenvalue weighted by Gasteiger charge is 2.55. The van der Waals surface area contributed by atoms with E-state index in [-0.39, 0.29) is 64.6 Å². The molecule has 2 saturated carbocycles. The minimum Gasteiger partial charge on any atom is -0.368 e. The Kier molecular flexibility index (Phi) is 8.36. The van der Waals surface area contributed by atoms with Gasteiger partial charge >= 0.3 is 0 Å². The van der Waals surface area contributed by atoms with Crippen molar-refractivity contribution in [3.05, 3.63) is 87.2 Å². The SMILES string of the molecule is Cc1nc2c(F)c(-c3cccc(Cl)c3Cl)c(CCC#N)cc2c2c1cc(C1C3CC(CN(c4ccc(C(F)F)nc4)C3)N1C(=O)C1CC1)n2C1C2CNC1C2. The van der Waals surface area contributed by atoms with Crippen LogP contribution in [0.3, 0.4) is 0 Å². The number of nitriles is 1. The molecule has 6 aliphatic rings. The van der Waals surface area contributed by atoms with Crippen molar-refractivity contribution in [3.63, 3.8) is 0 Å². The number of fused-ring (bicyclic) bond motifs is 6. The van der Waals surface area contributed by atoms with Gasteiger partial charge in [-0.2, -0.15) is 5.26 Å². The van der Waals surface area contributed by atoms with Gasteiger partial charge in [0.1, 0.15) is 11.2 Å². The fourth-order valence-electron chi connectivity index (χ4n) is 10.2. The predicted octanol–water partition coefficient (Wildman–Crippen LogP) is 9.12. The number of nitrogens with one attached hydrogen (secondary N) is 1. The number of nitrogens with zero attached hydrogens (tertiary/aromatic N) is 6. The van der Waals surface area contributed by atoms with Crippen LogP contribution in [0.5, 0.6) is 0 Å². The lowest BCUT2D eigenvalue weighted by atomic mass is 9.79. The monoisotopic (exact) mass is 783 g/mol. The summed E-state index contributed by atoms with van der Waals surface area (Å²) >= 11 is 13.1. The molecule has 6 unspecified atom stereocenters. The predicted molar refractivity (Wildman–Crippen MR) is 206 cm³/mol. The third-order valence-corrected chi connectivity index (χ3v) is 13.7. The van der Waals surface area contributed by atoms with Gasteiger partial charge in [0.15, 0.2) is 5.82 Å². The number of benzene rings is 2. The van der Waals surface area contributed by atoms with Crippen molar-refractivity contribution in [1.29, 1.82) is 5.26 Å². The Balaban J connectivity index is 1.18. The van der Waals surface area contributed by atoms with E-state index in [0.717, 1.165) is 54.5 Å². The van der Waals surface area contributed by atoms with Crippen molar-refractivity contribution in [2.45, 2.75) is 76.0 Å². The smallest absolute Gasteiger partial charge is 0.280 e. The van der Waals surface area contributed by atoms with Crippen molar-refractivity contribution < 1.29 is 18.0 Å². The molecule has 13 heteroatoms. The molecule has 11 rings (SSSR count). The number of anilines is 1. The van der Waals surface area contributed by atoms with Crippen LogP contribution in [0.4, 0.5) is 18.9 Å². The van der Waals surface area contributed by atoms with Gasteiger partial charge in [-0.25, -0.2) is 18.2 Å². The van der Waals surface area contributed by atoms with Gasteiger partial charge in [0.05, 0.1) is 51.6 Å². The molecule has 4 aliphatic heterocycles. The number of pyridine rings is 2. The van der Waals surface area contributed by atoms with E-state index in [1.165, 1.54) is 12.3 Å². The summed E-state index contributed by atoms with van der Waals surface area (Å²) < 4.78 is 46.5. The highest BCUT2D eigenvalue weighted by Crippen LogP contribution is 2.54. The Morgan fingerprint density at radius 1 is 1.09 bits per heavy atom. The highest BCUT2D eigenvalue weighted by atomic mass is 35.5. The zero-order valence-electron chi connectivity index (χ0n) is 30.1. The van der Waals surface area contributed by atoms with Crippen LogP contribution in [0.1, 0.15) is 73.3 Å². The van der Waals surface area contributed by atoms with E-state index < -0.39 is 12.2 Å². The van der Waals surface area contributed by atoms with Gasteiger partial charge in [0.2, 0.25) is 5.91 Å². The number of hydrogen-bond acceptors (Lipinski definition) is 6. The fraction of sp³-hybridized carbons (Fsp3) is 0.429. The molecule has 4 saturated heterocycles. The van der Waals surface area contributed by atoms with Gasteiger partial charge in [0.25, 0.3) is 6.43 Å². The Morgan fingerprint density at radius 3 is 2.62 bits per heavy atom. The topological polar surface area (TPSA) is 90.1 Å². The minimum absolute atomic E-state index is 0.000531. The molecule has 0 radical (unpaired) electrons. The van der Waals surface area contributed by atoms with E-state index in [1.54, 1.807) is 24.3 Å². The third kappa shape index (κ3) is 5.46. The lowest BCUT2D eigenvalue weighted by Gasteiger charge is -2.40. The maximum Gasteiger partial charge on any atom is 0.280 e. The standard InChI is InChI=1S/C42H38Cl2F3N7O/c1-20-28-15-33(39-24-12-26(53(39)42(55)21-7-8-21)19-52(18-24)25-9-10-31(41(46)47)50-17-25)54(38-23-14-32(38)49-16-23)40(28)29-13-22(4-3-11-48)34(36(45)37(29)51-20)27-5-2-6-30(43)35(27)44/h2,5-6,9-10,13,15,17,21,23-24,26,32,38-39,41,49H,3-4,7-8,12,14,16,18-19H2,1H3. The maximum atomic E-state index is 17.3. The van der Waals surface area contributed by atoms with Crippen LogP contribution >= 0.6 is 23.2 Å². The maximum absolute atomic E-state index is 17.3. The Morgan fingerprint density at radius 2 is 1.93 bits per heavy atom. The first-order valence-electron chi connectivity index (χ1n) is 19.1. The summed E-state index contributed by atoms with van der Waals surface area (Å²) in [5.41, 5.74) is 4.75. The molecule has 7 heterocycles. The second-order valence-corrected chi connectivity index (χ2v) is 16.8. The largest absolute Gasteiger partial charge is 0.368 e. The molecule has 55 heavy (non-hydrogen) atoms. The molecular weight excluding hydrogens is 746 g/mol. The summed E-state index contributed by atoms with van der Waals surface area (Å²) in [6, 6.07) is 14.7. The number of carbonyl (C=O) groups is 1. The molecule has 5 aromatic rings. The quantitative estimate of drug-likeness (QED) is 0.169. The van der Waals surface area contributed by atoms with Gasteiger partial charge < -0.3 is 19.7 Å². The first kappa shape index (κ1) is 35.1. The molecule has 282 valence electrons. The van der Waals surface area contributed by atoms with Crippen LogP contribution in [-0.4, -0.2) is 57.1 Å². The molecule has 8 nitrogen and oxygen atoms in total. The second-order valence-electron chi connectivity index (χ2n) is 16.0. The summed E-state index contributed by atoms with van der Waals surface area (Å²) in [7, 11) is 0. The van der Waals surface area contributed by atoms with Crippen LogP contribution in [0.15, 0.2) is 48.7 Å². The molecule has 1 amide bonds. The zero-order chi connectivity index (χ0) is 37.9. The normalized spacial score (nSPS) is 25.6. The number of aromatic nitrogens is 3. The van der Waals surface area contributed by atoms with E-state index in [2.05, 4.69) is 36.8 Å². The van der Waals surface area contributed by atoms with Crippen LogP contribution in [0.25, 0.3) is 32.9 Å². The number of carbonyl (C=O) groups excluding carboxylic acids is 1. The Labute approximate surface area is 326 Å². The number of piperidine rings is 1. The summed E-state index contributed by atoms with van der Waals surface area (Å²) in [5.74, 6) is 0.0978. The van der Waals surface area contributed by atoms with Gasteiger partial charge in [-0.15, -0.1) is 0 Å². The van der Waals surface area contributed by atoms with Crippen molar-refractivity contribution >= 4 is 56.6 Å². The number of aryl methyl sites for hydroxylation is 2. The average molecular weight is 785 g/mol. The molecule has 6 atom stereocenters. The number of alkyl halides is 2. The van der Waals surface area contributed by atoms with E-state index in [0.29, 0.717) is 58.2 Å². The summed E-state index contributed by atoms with van der Waals surface area (Å²) in [4.78, 5) is 27.7. The molecule has 0 spiro atoms. The first-order chi connectivity index (χ1) is 26.6. The van der Waals surface area contributed by atoms with Gasteiger partial charge in [-0.3, -0.25) is 9.78 Å². The molecular formula is C42H38Cl2F3N7O. The van der Waals surface area contributed by atoms with Gasteiger partial charge in [-0.05, 0) is 80.8 Å². The average Bonchev–Trinajstić information content (AvgIpc) is 3.46. The van der Waals surface area contributed by atoms with E-state index in [4.69, 9.17) is 28.2 Å². The third-order valence-electron chi connectivity index (χ3n) is 12.9. The zero-order valence-corrected chi connectivity index (χ0v) is 31.6. The summed E-state index contributed by atoms with van der Waals surface area (Å²) in [5, 5.41) is 15.5. The Hall–Kier alpha value is -4.37. The van der Waals surface area contributed by atoms with Crippen LogP contribution in [0, 0.1) is 41.8 Å². The van der Waals surface area contributed by atoms with Crippen molar-refractivity contribution in [2.75, 3.05) is 24.5 Å². The fourth-order valence-corrected chi connectivity index (χ4v) is 10.6. The van der Waals surface area contributed by atoms with Crippen LogP contribution < -0.4 is 10.2 Å². The van der Waals surface area contributed by atoms with E-state index in [1.807, 2.05) is 13.0 Å². The second kappa shape index (κ2) is 13.1. The van der Waals surface area contributed by atoms with Crippen molar-refractivity contribution in [1.82, 2.24) is 24.8 Å². The minimum atomic E-state index is -2.65. The molecule has 4 bridgehead atoms. The van der Waals surface area contributed by atoms with Crippen LogP contribution in [0.2, 0.25) is 10.0 Å². The van der Waals surface area contributed by atoms with Crippen LogP contribution in [-0.2, 0) is 11.2 Å². The first-order valence-corrected chi connectivity index (χ1v) is 19.9. The summed E-state index contributed by atoms with van der Waals surface area (Å²) in [6.45, 7) is 4.02. The van der Waals surface area contributed by atoms with Crippen molar-refractivity contribution in [2.24, 2.45) is 17.8 Å². The molecule has 6 fully saturated rings. The lowest BCUT2D eigenvalue weighted by Crippen LogP contribution is -2.45. The molecule has 2 aliphatic carbocycles. The highest BCUT2D eigenvalue weighted by molar-refractivity contribution is 6.43. The lowest BCUT2D eigenvalue weighted by molar-refractivity contribution is -0.135. The number of rotatable bonds is 8. The van der Waals surface area contributed by atoms with Gasteiger partial charge in [-0.1, -0.05) is 35.3 Å². The van der Waals surface area contributed by atoms with Gasteiger partial charge in [0, 0.05) is 77.2 Å². The van der Waals surface area contributed by atoms with E-state index >= 15 is 4.39 Å². The number of likely N-dealkylation sites (tertiary alicyclic amines) is 1. The molecule has 3 aromatic heterocycles. The Bertz CT molecular complexity index is 2430. The van der Waals surface area contributed by atoms with Crippen molar-refractivity contribution in [3.8, 4) is 17.2 Å².